The Labute approximate surface area is 788 Å². The Morgan fingerprint density at radius 2 is 0.594 bits per heavy atom. The average molecular weight is 1940 g/mol. The Morgan fingerprint density at radius 1 is 0.333 bits per heavy atom. The molecule has 138 heavy (non-hydrogen) atoms. The van der Waals surface area contributed by atoms with E-state index >= 15 is 0 Å². The van der Waals surface area contributed by atoms with Crippen LogP contribution in [-0.4, -0.2) is 226 Å². The van der Waals surface area contributed by atoms with Crippen LogP contribution in [0.15, 0.2) is 171 Å². The quantitative estimate of drug-likeness (QED) is 0.0233. The predicted molar refractivity (Wildman–Crippen MR) is 474 cm³/mol. The normalized spacial score (nSPS) is 24.6. The summed E-state index contributed by atoms with van der Waals surface area (Å²) in [6.07, 6.45) is 9.09. The summed E-state index contributed by atoms with van der Waals surface area (Å²) in [5.74, 6) is 0.243. The number of aromatic nitrogens is 8. The van der Waals surface area contributed by atoms with Gasteiger partial charge in [-0.1, -0.05) is 48.5 Å². The second-order valence-corrected chi connectivity index (χ2v) is 38.3. The van der Waals surface area contributed by atoms with Crippen LogP contribution in [0, 0.1) is 0 Å². The third-order valence-electron chi connectivity index (χ3n) is 28.8. The predicted octanol–water partition coefficient (Wildman–Crippen LogP) is 15.1. The third kappa shape index (κ3) is 23.2. The van der Waals surface area contributed by atoms with Gasteiger partial charge in [0.05, 0.1) is 35.4 Å². The van der Waals surface area contributed by atoms with Crippen LogP contribution in [0.5, 0.6) is 0 Å². The minimum absolute atomic E-state index is 0.0145. The van der Waals surface area contributed by atoms with Gasteiger partial charge >= 0.3 is 36.9 Å². The van der Waals surface area contributed by atoms with Crippen molar-refractivity contribution in [1.29, 1.82) is 0 Å². The lowest BCUT2D eigenvalue weighted by atomic mass is 9.70. The summed E-state index contributed by atoms with van der Waals surface area (Å²) in [4.78, 5) is 110. The monoisotopic (exact) mass is 1940 g/mol. The molecular formula is C98H114F12N14O14. The van der Waals surface area contributed by atoms with Gasteiger partial charge in [-0.25, -0.2) is 29.5 Å². The standard InChI is InChI=1S/2C25H29F3N4O4.2C24H28F3N3O3/c1-23(35,25(26,27)28)17-5-3-16(4-6-17)20(33)32(18-7-8-18)19-9-11-24(12-10-19,15-36-22(29)34)21-30-13-2-14-31-21;1-23(35,25(26,27)28)17-4-2-16(3-5-17)21(33)32(18-6-7-18)19-8-10-24(11-9-19,15-36-22(29)34)20-14-30-12-13-31-20;1-22(33,24(25,26)27)17-5-3-16(4-6-17)20(32)30(18-7-8-18)19-9-11-23(15-31,12-10-19)21-28-13-2-14-29-21;1-22(33,24(25,26)27)17-6-4-16(5-7-17)21(32)30(18-8-9-18)19-10-12-23(15-31,13-11-19)20-3-2-14-28-29-20/h2-6,13-14,18-19,35H,7-12,15H2,1H3,(H2,29,34);2-5,12-14,18-19,35H,6-11,15H2,1H3,(H2,29,34);2-6,13-14,18-19,31,33H,7-12,15H2,1H3;2-7,14,18-19,31,33H,8-13,15H2,1H3/t2*19?,23-,24?;2*19?,22-,23?/m0000/s1. The molecule has 40 heteroatoms. The minimum Gasteiger partial charge on any atom is -0.449 e. The zero-order valence-electron chi connectivity index (χ0n) is 76.6. The molecule has 28 nitrogen and oxygen atoms in total. The SMILES string of the molecule is C[C@](O)(c1ccc(C(=O)N(C2CC2)C2CCC(CO)(c3cccnn3)CC2)cc1)C(F)(F)F.C[C@](O)(c1ccc(C(=O)N(C2CC2)C2CCC(CO)(c3ncccn3)CC2)cc1)C(F)(F)F.C[C@](O)(c1ccc(C(=O)N(C2CC2)C2CCC(COC(N)=O)(c3cnccn3)CC2)cc1)C(F)(F)F.C[C@](O)(c1ccc(C(=O)N(C2CC2)C2CCC(COC(N)=O)(c3ncccn3)CC2)cc1)C(F)(F)F. The van der Waals surface area contributed by atoms with E-state index in [4.69, 9.17) is 20.9 Å². The van der Waals surface area contributed by atoms with Crippen LogP contribution in [0.4, 0.5) is 62.3 Å². The maximum atomic E-state index is 13.5. The lowest BCUT2D eigenvalue weighted by molar-refractivity contribution is -0.259. The Morgan fingerprint density at radius 3 is 0.841 bits per heavy atom. The number of nitrogens with two attached hydrogens (primary N) is 2. The van der Waals surface area contributed by atoms with Crippen LogP contribution in [0.2, 0.25) is 0 Å². The molecule has 6 amide bonds. The molecule has 0 aliphatic heterocycles. The first-order valence-corrected chi connectivity index (χ1v) is 46.1. The van der Waals surface area contributed by atoms with Gasteiger partial charge in [-0.05, 0) is 277 Å². The zero-order valence-corrected chi connectivity index (χ0v) is 76.6. The van der Waals surface area contributed by atoms with Gasteiger partial charge in [0.2, 0.25) is 0 Å². The molecule has 8 aliphatic rings. The van der Waals surface area contributed by atoms with E-state index in [2.05, 4.69) is 40.1 Å². The molecule has 4 atom stereocenters. The van der Waals surface area contributed by atoms with Crippen LogP contribution in [0.1, 0.15) is 269 Å². The van der Waals surface area contributed by atoms with Gasteiger partial charge in [-0.2, -0.15) is 62.9 Å². The Hall–Kier alpha value is -11.5. The van der Waals surface area contributed by atoms with Gasteiger partial charge in [0.1, 0.15) is 24.9 Å². The number of aliphatic hydroxyl groups excluding tert-OH is 2. The van der Waals surface area contributed by atoms with Crippen molar-refractivity contribution < 1.29 is 122 Å². The van der Waals surface area contributed by atoms with Crippen molar-refractivity contribution in [1.82, 2.24) is 59.7 Å². The summed E-state index contributed by atoms with van der Waals surface area (Å²) in [5, 5.41) is 68.0. The number of hydrogen-bond acceptors (Lipinski definition) is 22. The summed E-state index contributed by atoms with van der Waals surface area (Å²) in [5.41, 5.74) is -2.45. The zero-order chi connectivity index (χ0) is 100.0. The maximum absolute atomic E-state index is 13.5. The van der Waals surface area contributed by atoms with E-state index < -0.39 is 81.0 Å². The highest BCUT2D eigenvalue weighted by atomic mass is 19.4. The van der Waals surface area contributed by atoms with Crippen molar-refractivity contribution >= 4 is 35.8 Å². The van der Waals surface area contributed by atoms with Gasteiger partial charge in [-0.15, -0.1) is 0 Å². The molecule has 0 radical (unpaired) electrons. The van der Waals surface area contributed by atoms with E-state index in [1.807, 2.05) is 25.7 Å². The van der Waals surface area contributed by atoms with Crippen molar-refractivity contribution in [3.63, 3.8) is 0 Å². The van der Waals surface area contributed by atoms with Crippen molar-refractivity contribution in [2.45, 2.75) is 299 Å². The second kappa shape index (κ2) is 41.5. The number of alkyl halides is 12. The molecule has 0 bridgehead atoms. The molecule has 4 aromatic heterocycles. The first-order valence-electron chi connectivity index (χ1n) is 46.1. The maximum Gasteiger partial charge on any atom is 0.421 e. The molecule has 8 fully saturated rings. The summed E-state index contributed by atoms with van der Waals surface area (Å²) in [6.45, 7) is 2.76. The molecule has 8 aromatic rings. The van der Waals surface area contributed by atoms with Gasteiger partial charge in [-0.3, -0.25) is 29.1 Å². The molecule has 4 aromatic carbocycles. The molecule has 0 unspecified atom stereocenters. The van der Waals surface area contributed by atoms with Gasteiger partial charge < -0.3 is 71.2 Å². The molecule has 16 rings (SSSR count). The highest BCUT2D eigenvalue weighted by Crippen LogP contribution is 2.51. The number of aliphatic hydroxyl groups is 6. The van der Waals surface area contributed by atoms with E-state index in [-0.39, 0.29) is 132 Å². The van der Waals surface area contributed by atoms with Gasteiger partial charge in [0.25, 0.3) is 23.6 Å². The smallest absolute Gasteiger partial charge is 0.421 e. The second-order valence-electron chi connectivity index (χ2n) is 38.3. The molecule has 744 valence electrons. The van der Waals surface area contributed by atoms with E-state index in [0.29, 0.717) is 159 Å². The van der Waals surface area contributed by atoms with Gasteiger partial charge in [0.15, 0.2) is 22.4 Å². The fraction of sp³-hybridized carbons (Fsp3) is 0.531. The number of carbonyl (C=O) groups is 6. The van der Waals surface area contributed by atoms with E-state index in [0.717, 1.165) is 106 Å². The molecule has 0 saturated heterocycles. The van der Waals surface area contributed by atoms with Crippen LogP contribution in [0.3, 0.4) is 0 Å². The lowest BCUT2D eigenvalue weighted by Gasteiger charge is -2.43. The number of amides is 6. The first-order chi connectivity index (χ1) is 65.1. The highest BCUT2D eigenvalue weighted by molar-refractivity contribution is 5.97. The molecule has 0 spiro atoms. The van der Waals surface area contributed by atoms with E-state index in [9.17, 15) is 112 Å². The molecule has 10 N–H and O–H groups in total. The summed E-state index contributed by atoms with van der Waals surface area (Å²) in [7, 11) is 0. The Bertz CT molecular complexity index is 5100. The number of benzene rings is 4. The van der Waals surface area contributed by atoms with Crippen molar-refractivity contribution in [3.05, 3.63) is 238 Å². The van der Waals surface area contributed by atoms with Crippen LogP contribution < -0.4 is 11.5 Å². The molecular weight excluding hydrogens is 1830 g/mol. The average Bonchev–Trinajstić information content (AvgIpc) is 1.69. The third-order valence-corrected chi connectivity index (χ3v) is 28.8. The molecule has 8 aliphatic carbocycles. The first kappa shape index (κ1) is 104. The Kier molecular flexibility index (Phi) is 31.3. The highest BCUT2D eigenvalue weighted by Gasteiger charge is 2.57. The number of rotatable bonds is 26. The van der Waals surface area contributed by atoms with Crippen LogP contribution >= 0.6 is 0 Å². The van der Waals surface area contributed by atoms with E-state index in [1.54, 1.807) is 67.8 Å². The minimum atomic E-state index is -4.84. The van der Waals surface area contributed by atoms with Crippen molar-refractivity contribution in [2.24, 2.45) is 11.5 Å². The van der Waals surface area contributed by atoms with Gasteiger partial charge in [0, 0.05) is 131 Å². The van der Waals surface area contributed by atoms with Crippen molar-refractivity contribution in [2.75, 3.05) is 26.4 Å². The van der Waals surface area contributed by atoms with Crippen LogP contribution in [0.25, 0.3) is 0 Å². The number of nitrogens with zero attached hydrogens (tertiary/aromatic N) is 12. The van der Waals surface area contributed by atoms with Crippen molar-refractivity contribution in [3.8, 4) is 0 Å². The molecule has 4 heterocycles. The molecule has 8 saturated carbocycles. The number of carbonyl (C=O) groups excluding carboxylic acids is 6. The fourth-order valence-corrected chi connectivity index (χ4v) is 19.2. The van der Waals surface area contributed by atoms with E-state index in [1.165, 1.54) is 48.5 Å². The topological polar surface area (TPSA) is 410 Å². The lowest BCUT2D eigenvalue weighted by Crippen LogP contribution is -2.48. The number of halogens is 12. The number of ether oxygens (including phenoxy) is 2. The number of hydrogen-bond donors (Lipinski definition) is 8. The largest absolute Gasteiger partial charge is 0.449 e. The summed E-state index contributed by atoms with van der Waals surface area (Å²) >= 11 is 0. The summed E-state index contributed by atoms with van der Waals surface area (Å²) in [6, 6.07) is 27.3. The van der Waals surface area contributed by atoms with Crippen LogP contribution in [-0.2, 0) is 53.5 Å². The number of primary amides is 2. The Balaban J connectivity index is 0.000000155. The summed E-state index contributed by atoms with van der Waals surface area (Å²) < 4.78 is 168. The fourth-order valence-electron chi connectivity index (χ4n) is 19.2.